The first-order valence-corrected chi connectivity index (χ1v) is 11.0. The van der Waals surface area contributed by atoms with E-state index in [9.17, 15) is 13.2 Å². The van der Waals surface area contributed by atoms with Crippen LogP contribution >= 0.6 is 22.9 Å². The predicted molar refractivity (Wildman–Crippen MR) is 115 cm³/mol. The second kappa shape index (κ2) is 7.14. The van der Waals surface area contributed by atoms with E-state index in [4.69, 9.17) is 16.7 Å². The highest BCUT2D eigenvalue weighted by Gasteiger charge is 2.17. The predicted octanol–water partition coefficient (Wildman–Crippen LogP) is 4.90. The van der Waals surface area contributed by atoms with E-state index in [1.807, 2.05) is 24.3 Å². The molecule has 0 radical (unpaired) electrons. The molecule has 2 N–H and O–H groups in total. The van der Waals surface area contributed by atoms with Crippen molar-refractivity contribution in [1.29, 1.82) is 0 Å². The summed E-state index contributed by atoms with van der Waals surface area (Å²) in [6, 6.07) is 20.8. The summed E-state index contributed by atoms with van der Waals surface area (Å²) in [6.45, 7) is 0. The third-order valence-electron chi connectivity index (χ3n) is 4.36. The standard InChI is InChI=1S/C21H14ClNO3S2/c22-15-5-3-4-14(12-15)19-20(24)17-6-1-2-7-18(17)27-21(19)13-8-10-16(11-9-13)28(23,25)26/h1-12H,(H2,23,25,26). The third-order valence-corrected chi connectivity index (χ3v) is 6.74. The van der Waals surface area contributed by atoms with Crippen LogP contribution in [0.2, 0.25) is 5.02 Å². The van der Waals surface area contributed by atoms with Gasteiger partial charge in [0.2, 0.25) is 10.0 Å². The highest BCUT2D eigenvalue weighted by atomic mass is 35.5. The molecule has 0 bridgehead atoms. The number of primary sulfonamides is 1. The van der Waals surface area contributed by atoms with Crippen LogP contribution in [0.4, 0.5) is 0 Å². The molecule has 0 spiro atoms. The molecule has 28 heavy (non-hydrogen) atoms. The van der Waals surface area contributed by atoms with E-state index in [0.717, 1.165) is 15.1 Å². The Hall–Kier alpha value is -2.51. The van der Waals surface area contributed by atoms with Gasteiger partial charge in [-0.1, -0.05) is 48.0 Å². The zero-order valence-corrected chi connectivity index (χ0v) is 16.8. The van der Waals surface area contributed by atoms with Crippen molar-refractivity contribution in [2.45, 2.75) is 4.90 Å². The van der Waals surface area contributed by atoms with Gasteiger partial charge < -0.3 is 0 Å². The van der Waals surface area contributed by atoms with Gasteiger partial charge in [0.15, 0.2) is 5.43 Å². The number of halogens is 1. The highest BCUT2D eigenvalue weighted by molar-refractivity contribution is 7.89. The van der Waals surface area contributed by atoms with E-state index in [2.05, 4.69) is 0 Å². The van der Waals surface area contributed by atoms with Crippen molar-refractivity contribution >= 4 is 43.0 Å². The number of sulfonamides is 1. The molecular formula is C21H14ClNO3S2. The molecule has 4 aromatic rings. The van der Waals surface area contributed by atoms with E-state index in [1.165, 1.54) is 23.5 Å². The maximum atomic E-state index is 13.3. The topological polar surface area (TPSA) is 77.2 Å². The van der Waals surface area contributed by atoms with Gasteiger partial charge in [0.1, 0.15) is 0 Å². The Kier molecular flexibility index (Phi) is 4.81. The van der Waals surface area contributed by atoms with Gasteiger partial charge in [-0.3, -0.25) is 4.79 Å². The zero-order valence-electron chi connectivity index (χ0n) is 14.4. The zero-order chi connectivity index (χ0) is 19.9. The number of nitrogens with two attached hydrogens (primary N) is 1. The van der Waals surface area contributed by atoms with Crippen LogP contribution in [-0.2, 0) is 10.0 Å². The van der Waals surface area contributed by atoms with E-state index in [-0.39, 0.29) is 10.3 Å². The molecule has 0 saturated heterocycles. The van der Waals surface area contributed by atoms with Crippen LogP contribution < -0.4 is 10.6 Å². The SMILES string of the molecule is NS(=O)(=O)c1ccc(-c2sc3ccccc3c(=O)c2-c2cccc(Cl)c2)cc1. The Balaban J connectivity index is 2.04. The molecule has 0 unspecified atom stereocenters. The van der Waals surface area contributed by atoms with Crippen molar-refractivity contribution in [3.05, 3.63) is 88.0 Å². The van der Waals surface area contributed by atoms with Crippen LogP contribution in [0, 0.1) is 0 Å². The van der Waals surface area contributed by atoms with E-state index in [1.54, 1.807) is 36.4 Å². The average Bonchev–Trinajstić information content (AvgIpc) is 2.67. The Bertz CT molecular complexity index is 1360. The summed E-state index contributed by atoms with van der Waals surface area (Å²) in [7, 11) is -3.79. The Morgan fingerprint density at radius 2 is 1.57 bits per heavy atom. The van der Waals surface area contributed by atoms with Gasteiger partial charge in [-0.25, -0.2) is 13.6 Å². The molecule has 0 aliphatic carbocycles. The van der Waals surface area contributed by atoms with Gasteiger partial charge in [0, 0.05) is 25.5 Å². The summed E-state index contributed by atoms with van der Waals surface area (Å²) in [5.41, 5.74) is 1.89. The molecule has 140 valence electrons. The van der Waals surface area contributed by atoms with Crippen LogP contribution in [0.5, 0.6) is 0 Å². The molecule has 0 fully saturated rings. The number of hydrogen-bond donors (Lipinski definition) is 1. The molecule has 4 nitrogen and oxygen atoms in total. The smallest absolute Gasteiger partial charge is 0.238 e. The van der Waals surface area contributed by atoms with Crippen LogP contribution in [0.25, 0.3) is 31.7 Å². The van der Waals surface area contributed by atoms with E-state index >= 15 is 0 Å². The van der Waals surface area contributed by atoms with Crippen LogP contribution in [0.1, 0.15) is 0 Å². The molecule has 0 aliphatic heterocycles. The van der Waals surface area contributed by atoms with Crippen molar-refractivity contribution < 1.29 is 8.42 Å². The van der Waals surface area contributed by atoms with E-state index < -0.39 is 10.0 Å². The average molecular weight is 428 g/mol. The summed E-state index contributed by atoms with van der Waals surface area (Å²) in [6.07, 6.45) is 0. The number of hydrogen-bond acceptors (Lipinski definition) is 4. The Morgan fingerprint density at radius 3 is 2.25 bits per heavy atom. The summed E-state index contributed by atoms with van der Waals surface area (Å²) in [4.78, 5) is 14.1. The van der Waals surface area contributed by atoms with Gasteiger partial charge in [0.25, 0.3) is 0 Å². The number of fused-ring (bicyclic) bond motifs is 1. The maximum absolute atomic E-state index is 13.3. The minimum Gasteiger partial charge on any atom is -0.288 e. The fraction of sp³-hybridized carbons (Fsp3) is 0. The molecule has 0 amide bonds. The summed E-state index contributed by atoms with van der Waals surface area (Å²) >= 11 is 7.63. The monoisotopic (exact) mass is 427 g/mol. The lowest BCUT2D eigenvalue weighted by Crippen LogP contribution is -2.11. The number of benzene rings is 3. The fourth-order valence-corrected chi connectivity index (χ4v) is 4.96. The molecule has 1 aromatic heterocycles. The second-order valence-corrected chi connectivity index (χ2v) is 9.26. The summed E-state index contributed by atoms with van der Waals surface area (Å²) in [5, 5.41) is 6.36. The molecule has 3 aromatic carbocycles. The minimum atomic E-state index is -3.79. The van der Waals surface area contributed by atoms with Gasteiger partial charge in [0.05, 0.1) is 4.90 Å². The largest absolute Gasteiger partial charge is 0.288 e. The summed E-state index contributed by atoms with van der Waals surface area (Å²) in [5.74, 6) is 0. The van der Waals surface area contributed by atoms with Gasteiger partial charge in [-0.2, -0.15) is 0 Å². The van der Waals surface area contributed by atoms with Crippen molar-refractivity contribution in [1.82, 2.24) is 0 Å². The first-order valence-electron chi connectivity index (χ1n) is 8.29. The minimum absolute atomic E-state index is 0.0219. The lowest BCUT2D eigenvalue weighted by Gasteiger charge is -2.11. The number of rotatable bonds is 3. The maximum Gasteiger partial charge on any atom is 0.238 e. The summed E-state index contributed by atoms with van der Waals surface area (Å²) < 4.78 is 24.0. The van der Waals surface area contributed by atoms with Crippen LogP contribution in [0.3, 0.4) is 0 Å². The lowest BCUT2D eigenvalue weighted by atomic mass is 10.0. The van der Waals surface area contributed by atoms with Gasteiger partial charge in [-0.15, -0.1) is 11.3 Å². The third kappa shape index (κ3) is 3.47. The van der Waals surface area contributed by atoms with Crippen LogP contribution in [0.15, 0.2) is 82.5 Å². The molecule has 0 aliphatic rings. The van der Waals surface area contributed by atoms with Crippen molar-refractivity contribution in [3.8, 4) is 21.6 Å². The first-order chi connectivity index (χ1) is 13.3. The molecule has 0 saturated carbocycles. The van der Waals surface area contributed by atoms with Crippen molar-refractivity contribution in [2.75, 3.05) is 0 Å². The van der Waals surface area contributed by atoms with Gasteiger partial charge in [-0.05, 0) is 47.5 Å². The molecule has 4 rings (SSSR count). The quantitative estimate of drug-likeness (QED) is 0.505. The first kappa shape index (κ1) is 18.8. The van der Waals surface area contributed by atoms with E-state index in [0.29, 0.717) is 21.5 Å². The van der Waals surface area contributed by atoms with Gasteiger partial charge >= 0.3 is 0 Å². The second-order valence-electron chi connectivity index (χ2n) is 6.21. The lowest BCUT2D eigenvalue weighted by molar-refractivity contribution is 0.598. The van der Waals surface area contributed by atoms with Crippen molar-refractivity contribution in [2.24, 2.45) is 5.14 Å². The molecular weight excluding hydrogens is 414 g/mol. The molecule has 0 atom stereocenters. The normalized spacial score (nSPS) is 11.6. The highest BCUT2D eigenvalue weighted by Crippen LogP contribution is 2.37. The Labute approximate surface area is 170 Å². The fourth-order valence-electron chi connectivity index (χ4n) is 3.05. The molecule has 7 heteroatoms. The van der Waals surface area contributed by atoms with Crippen molar-refractivity contribution in [3.63, 3.8) is 0 Å². The van der Waals surface area contributed by atoms with Crippen LogP contribution in [-0.4, -0.2) is 8.42 Å². The molecule has 1 heterocycles. The Morgan fingerprint density at radius 1 is 0.857 bits per heavy atom.